The molecule has 1 fully saturated rings. The number of carbonyl (C=O) groups is 1. The van der Waals surface area contributed by atoms with Gasteiger partial charge in [0.2, 0.25) is 5.91 Å². The molecule has 1 aromatic carbocycles. The monoisotopic (exact) mass is 291 g/mol. The maximum Gasteiger partial charge on any atom is 0.238 e. The summed E-state index contributed by atoms with van der Waals surface area (Å²) in [4.78, 5) is 14.4. The molecule has 0 aromatic heterocycles. The molecule has 0 unspecified atom stereocenters. The Labute approximate surface area is 126 Å². The highest BCUT2D eigenvalue weighted by Crippen LogP contribution is 2.28. The second-order valence-electron chi connectivity index (χ2n) is 6.48. The number of rotatable bonds is 4. The minimum Gasteiger partial charge on any atom is -0.497 e. The molecule has 0 bridgehead atoms. The molecule has 1 aliphatic heterocycles. The molecular formula is C16H25N3O2. The fourth-order valence-electron chi connectivity index (χ4n) is 2.85. The van der Waals surface area contributed by atoms with Gasteiger partial charge in [-0.25, -0.2) is 0 Å². The molecular weight excluding hydrogens is 266 g/mol. The molecule has 1 amide bonds. The number of hydrogen-bond acceptors (Lipinski definition) is 4. The molecule has 5 heteroatoms. The third-order valence-electron chi connectivity index (χ3n) is 3.88. The van der Waals surface area contributed by atoms with Gasteiger partial charge in [-0.3, -0.25) is 9.69 Å². The van der Waals surface area contributed by atoms with Gasteiger partial charge < -0.3 is 15.8 Å². The quantitative estimate of drug-likeness (QED) is 0.836. The Hall–Kier alpha value is -1.75. The lowest BCUT2D eigenvalue weighted by molar-refractivity contribution is -0.118. The van der Waals surface area contributed by atoms with Gasteiger partial charge in [0, 0.05) is 12.6 Å². The van der Waals surface area contributed by atoms with Crippen molar-refractivity contribution < 1.29 is 9.53 Å². The van der Waals surface area contributed by atoms with E-state index in [1.807, 2.05) is 0 Å². The first-order valence-corrected chi connectivity index (χ1v) is 7.35. The van der Waals surface area contributed by atoms with Crippen molar-refractivity contribution in [2.24, 2.45) is 5.41 Å². The number of amides is 1. The molecule has 0 atom stereocenters. The number of methoxy groups -OCH3 is 1. The van der Waals surface area contributed by atoms with Crippen molar-refractivity contribution in [2.45, 2.75) is 26.7 Å². The molecule has 2 rings (SSSR count). The molecule has 1 heterocycles. The molecule has 1 aliphatic rings. The number of nitrogens with zero attached hydrogens (tertiary/aromatic N) is 1. The van der Waals surface area contributed by atoms with Crippen LogP contribution in [0.25, 0.3) is 0 Å². The minimum absolute atomic E-state index is 0.0235. The van der Waals surface area contributed by atoms with Gasteiger partial charge in [-0.05, 0) is 36.9 Å². The fourth-order valence-corrected chi connectivity index (χ4v) is 2.85. The van der Waals surface area contributed by atoms with Crippen LogP contribution in [0.4, 0.5) is 11.4 Å². The Morgan fingerprint density at radius 2 is 2.24 bits per heavy atom. The molecule has 5 nitrogen and oxygen atoms in total. The number of nitrogen functional groups attached to an aromatic ring is 1. The summed E-state index contributed by atoms with van der Waals surface area (Å²) in [7, 11) is 1.59. The predicted molar refractivity (Wildman–Crippen MR) is 85.5 cm³/mol. The average Bonchev–Trinajstić information content (AvgIpc) is 2.39. The van der Waals surface area contributed by atoms with Crippen molar-refractivity contribution in [3.8, 4) is 5.75 Å². The molecule has 0 saturated carbocycles. The molecule has 21 heavy (non-hydrogen) atoms. The van der Waals surface area contributed by atoms with Gasteiger partial charge in [0.1, 0.15) is 5.75 Å². The summed E-state index contributed by atoms with van der Waals surface area (Å²) in [6.07, 6.45) is 2.36. The van der Waals surface area contributed by atoms with E-state index < -0.39 is 0 Å². The maximum absolute atomic E-state index is 12.2. The summed E-state index contributed by atoms with van der Waals surface area (Å²) in [6.45, 7) is 6.85. The highest BCUT2D eigenvalue weighted by molar-refractivity contribution is 5.95. The van der Waals surface area contributed by atoms with E-state index in [0.717, 1.165) is 19.5 Å². The number of hydrogen-bond donors (Lipinski definition) is 2. The predicted octanol–water partition coefficient (Wildman–Crippen LogP) is 2.34. The number of carbonyl (C=O) groups excluding carboxylic acids is 1. The molecule has 0 radical (unpaired) electrons. The lowest BCUT2D eigenvalue weighted by Gasteiger charge is -2.37. The SMILES string of the molecule is COc1ccc(NC(=O)CN2CCCC(C)(C)C2)c(N)c1. The van der Waals surface area contributed by atoms with Crippen molar-refractivity contribution in [1.82, 2.24) is 4.90 Å². The van der Waals surface area contributed by atoms with Crippen LogP contribution in [0.5, 0.6) is 5.75 Å². The van der Waals surface area contributed by atoms with Crippen molar-refractivity contribution in [3.05, 3.63) is 18.2 Å². The van der Waals surface area contributed by atoms with Crippen molar-refractivity contribution in [2.75, 3.05) is 37.8 Å². The first-order valence-electron chi connectivity index (χ1n) is 7.35. The van der Waals surface area contributed by atoms with Gasteiger partial charge in [-0.15, -0.1) is 0 Å². The highest BCUT2D eigenvalue weighted by Gasteiger charge is 2.27. The van der Waals surface area contributed by atoms with E-state index in [4.69, 9.17) is 10.5 Å². The smallest absolute Gasteiger partial charge is 0.238 e. The van der Waals surface area contributed by atoms with Crippen LogP contribution < -0.4 is 15.8 Å². The topological polar surface area (TPSA) is 67.6 Å². The Kier molecular flexibility index (Phi) is 4.73. The summed E-state index contributed by atoms with van der Waals surface area (Å²) in [5, 5.41) is 2.88. The number of nitrogens with one attached hydrogen (secondary N) is 1. The minimum atomic E-state index is -0.0235. The van der Waals surface area contributed by atoms with Crippen LogP contribution in [-0.2, 0) is 4.79 Å². The first kappa shape index (κ1) is 15.6. The van der Waals surface area contributed by atoms with Gasteiger partial charge in [-0.2, -0.15) is 0 Å². The molecule has 0 aliphatic carbocycles. The second kappa shape index (κ2) is 6.35. The van der Waals surface area contributed by atoms with Gasteiger partial charge in [0.15, 0.2) is 0 Å². The van der Waals surface area contributed by atoms with Crippen LogP contribution in [0.1, 0.15) is 26.7 Å². The Balaban J connectivity index is 1.92. The van der Waals surface area contributed by atoms with Crippen LogP contribution >= 0.6 is 0 Å². The zero-order valence-electron chi connectivity index (χ0n) is 13.1. The fraction of sp³-hybridized carbons (Fsp3) is 0.562. The number of likely N-dealkylation sites (tertiary alicyclic amines) is 1. The highest BCUT2D eigenvalue weighted by atomic mass is 16.5. The van der Waals surface area contributed by atoms with E-state index in [1.54, 1.807) is 25.3 Å². The van der Waals surface area contributed by atoms with Crippen LogP contribution in [0, 0.1) is 5.41 Å². The molecule has 0 spiro atoms. The Morgan fingerprint density at radius 1 is 1.48 bits per heavy atom. The van der Waals surface area contributed by atoms with Gasteiger partial charge in [0.25, 0.3) is 0 Å². The zero-order chi connectivity index (χ0) is 15.5. The van der Waals surface area contributed by atoms with Crippen molar-refractivity contribution >= 4 is 17.3 Å². The van der Waals surface area contributed by atoms with Crippen molar-refractivity contribution in [3.63, 3.8) is 0 Å². The standard InChI is InChI=1S/C16H25N3O2/c1-16(2)7-4-8-19(11-16)10-15(20)18-14-6-5-12(21-3)9-13(14)17/h5-6,9H,4,7-8,10-11,17H2,1-3H3,(H,18,20). The van der Waals surface area contributed by atoms with E-state index in [0.29, 0.717) is 23.7 Å². The number of nitrogens with two attached hydrogens (primary N) is 1. The number of ether oxygens (including phenoxy) is 1. The van der Waals surface area contributed by atoms with E-state index in [9.17, 15) is 4.79 Å². The van der Waals surface area contributed by atoms with E-state index in [2.05, 4.69) is 24.1 Å². The largest absolute Gasteiger partial charge is 0.497 e. The van der Waals surface area contributed by atoms with Crippen LogP contribution in [0.2, 0.25) is 0 Å². The Bertz CT molecular complexity index is 514. The third-order valence-corrected chi connectivity index (χ3v) is 3.88. The van der Waals surface area contributed by atoms with E-state index >= 15 is 0 Å². The second-order valence-corrected chi connectivity index (χ2v) is 6.48. The molecule has 1 aromatic rings. The number of anilines is 2. The number of piperidine rings is 1. The van der Waals surface area contributed by atoms with E-state index in [-0.39, 0.29) is 11.3 Å². The number of benzene rings is 1. The molecule has 3 N–H and O–H groups in total. The van der Waals surface area contributed by atoms with Gasteiger partial charge >= 0.3 is 0 Å². The molecule has 116 valence electrons. The average molecular weight is 291 g/mol. The van der Waals surface area contributed by atoms with Crippen molar-refractivity contribution in [1.29, 1.82) is 0 Å². The lowest BCUT2D eigenvalue weighted by atomic mass is 9.84. The molecule has 1 saturated heterocycles. The zero-order valence-corrected chi connectivity index (χ0v) is 13.1. The van der Waals surface area contributed by atoms with E-state index in [1.165, 1.54) is 6.42 Å². The summed E-state index contributed by atoms with van der Waals surface area (Å²) in [6, 6.07) is 5.27. The third kappa shape index (κ3) is 4.36. The Morgan fingerprint density at radius 3 is 2.86 bits per heavy atom. The summed E-state index contributed by atoms with van der Waals surface area (Å²) >= 11 is 0. The summed E-state index contributed by atoms with van der Waals surface area (Å²) < 4.78 is 5.10. The maximum atomic E-state index is 12.2. The van der Waals surface area contributed by atoms with Crippen LogP contribution in [-0.4, -0.2) is 37.6 Å². The normalized spacial score (nSPS) is 18.2. The van der Waals surface area contributed by atoms with Crippen LogP contribution in [0.3, 0.4) is 0 Å². The summed E-state index contributed by atoms with van der Waals surface area (Å²) in [5.41, 5.74) is 7.35. The first-order chi connectivity index (χ1) is 9.89. The summed E-state index contributed by atoms with van der Waals surface area (Å²) in [5.74, 6) is 0.660. The van der Waals surface area contributed by atoms with Gasteiger partial charge in [-0.1, -0.05) is 13.8 Å². The lowest BCUT2D eigenvalue weighted by Crippen LogP contribution is -2.43. The van der Waals surface area contributed by atoms with Crippen LogP contribution in [0.15, 0.2) is 18.2 Å². The van der Waals surface area contributed by atoms with Gasteiger partial charge in [0.05, 0.1) is 25.0 Å².